The molecule has 0 bridgehead atoms. The van der Waals surface area contributed by atoms with Crippen molar-refractivity contribution in [3.8, 4) is 16.8 Å². The van der Waals surface area contributed by atoms with E-state index in [0.29, 0.717) is 0 Å². The molecule has 4 aromatic carbocycles. The Hall–Kier alpha value is -4.50. The Balaban J connectivity index is 1.66. The highest BCUT2D eigenvalue weighted by Gasteiger charge is 2.40. The maximum Gasteiger partial charge on any atom is 0.0792 e. The van der Waals surface area contributed by atoms with Gasteiger partial charge in [0.05, 0.1) is 22.1 Å². The first kappa shape index (κ1) is 19.7. The fraction of sp³-hybridized carbons (Fsp3) is 0.118. The van der Waals surface area contributed by atoms with Gasteiger partial charge in [0.25, 0.3) is 0 Å². The molecule has 3 nitrogen and oxygen atoms in total. The van der Waals surface area contributed by atoms with Crippen LogP contribution in [0, 0.1) is 0 Å². The molecule has 0 spiro atoms. The average Bonchev–Trinajstić information content (AvgIpc) is 3.60. The van der Waals surface area contributed by atoms with Crippen LogP contribution in [0.2, 0.25) is 0 Å². The number of aryl methyl sites for hydroxylation is 1. The first-order valence-corrected chi connectivity index (χ1v) is 13.0. The smallest absolute Gasteiger partial charge is 0.0792 e. The monoisotopic (exact) mass is 475 g/mol. The number of rotatable bonds is 1. The van der Waals surface area contributed by atoms with Crippen LogP contribution in [0.4, 0.5) is 0 Å². The highest BCUT2D eigenvalue weighted by molar-refractivity contribution is 6.31. The third-order valence-electron chi connectivity index (χ3n) is 8.98. The molecule has 176 valence electrons. The summed E-state index contributed by atoms with van der Waals surface area (Å²) < 4.78 is 7.35. The molecule has 3 heteroatoms. The molecule has 0 unspecified atom stereocenters. The van der Waals surface area contributed by atoms with E-state index in [1.54, 1.807) is 0 Å². The van der Waals surface area contributed by atoms with Crippen molar-refractivity contribution in [2.45, 2.75) is 19.3 Å². The Morgan fingerprint density at radius 2 is 1.41 bits per heavy atom. The molecule has 0 radical (unpaired) electrons. The van der Waals surface area contributed by atoms with Gasteiger partial charge in [0.2, 0.25) is 0 Å². The van der Waals surface area contributed by atoms with Gasteiger partial charge in [-0.25, -0.2) is 0 Å². The van der Waals surface area contributed by atoms with Gasteiger partial charge in [0.1, 0.15) is 0 Å². The van der Waals surface area contributed by atoms with Gasteiger partial charge in [0, 0.05) is 57.3 Å². The van der Waals surface area contributed by atoms with E-state index in [2.05, 4.69) is 132 Å². The summed E-state index contributed by atoms with van der Waals surface area (Å²) in [5.41, 5.74) is 13.0. The minimum atomic E-state index is -0.143. The van der Waals surface area contributed by atoms with Gasteiger partial charge in [-0.1, -0.05) is 68.4 Å². The van der Waals surface area contributed by atoms with Gasteiger partial charge in [-0.2, -0.15) is 0 Å². The Labute approximate surface area is 214 Å². The average molecular weight is 476 g/mol. The lowest BCUT2D eigenvalue weighted by atomic mass is 9.85. The number of para-hydroxylation sites is 1. The van der Waals surface area contributed by atoms with E-state index in [1.165, 1.54) is 77.2 Å². The van der Waals surface area contributed by atoms with Crippen LogP contribution < -0.4 is 0 Å². The van der Waals surface area contributed by atoms with Gasteiger partial charge in [-0.05, 0) is 52.9 Å². The number of hydrogen-bond acceptors (Lipinski definition) is 0. The molecule has 1 aliphatic carbocycles. The Morgan fingerprint density at radius 1 is 0.622 bits per heavy atom. The van der Waals surface area contributed by atoms with Crippen molar-refractivity contribution in [3.63, 3.8) is 0 Å². The number of nitrogens with zero attached hydrogens (tertiary/aromatic N) is 3. The quantitative estimate of drug-likeness (QED) is 0.226. The fourth-order valence-electron chi connectivity index (χ4n) is 7.45. The molecule has 0 fully saturated rings. The number of aromatic nitrogens is 3. The summed E-state index contributed by atoms with van der Waals surface area (Å²) in [5.74, 6) is 0. The van der Waals surface area contributed by atoms with E-state index in [4.69, 9.17) is 0 Å². The summed E-state index contributed by atoms with van der Waals surface area (Å²) in [5, 5.41) is 5.39. The van der Waals surface area contributed by atoms with Crippen LogP contribution >= 0.6 is 0 Å². The van der Waals surface area contributed by atoms with Crippen LogP contribution in [-0.4, -0.2) is 13.5 Å². The summed E-state index contributed by atoms with van der Waals surface area (Å²) in [6.07, 6.45) is 2.24. The molecule has 0 saturated heterocycles. The Morgan fingerprint density at radius 3 is 2.27 bits per heavy atom. The molecular weight excluding hydrogens is 450 g/mol. The van der Waals surface area contributed by atoms with Crippen LogP contribution in [0.15, 0.2) is 97.2 Å². The second kappa shape index (κ2) is 6.24. The SMILES string of the molecule is Cn1c2cccc3c4c(n5c6ccn(-c7ccccc7)c6c6ccc1c(c32)c65)C(C)(C)c1ccccc1-4. The minimum Gasteiger partial charge on any atom is -0.344 e. The van der Waals surface area contributed by atoms with Crippen molar-refractivity contribution < 1.29 is 0 Å². The first-order chi connectivity index (χ1) is 18.1. The van der Waals surface area contributed by atoms with Crippen LogP contribution in [0.3, 0.4) is 0 Å². The second-order valence-corrected chi connectivity index (χ2v) is 11.1. The zero-order chi connectivity index (χ0) is 24.6. The van der Waals surface area contributed by atoms with Crippen molar-refractivity contribution in [3.05, 3.63) is 108 Å². The third kappa shape index (κ3) is 2.09. The highest BCUT2D eigenvalue weighted by Crippen LogP contribution is 2.54. The summed E-state index contributed by atoms with van der Waals surface area (Å²) in [4.78, 5) is 0. The van der Waals surface area contributed by atoms with E-state index >= 15 is 0 Å². The van der Waals surface area contributed by atoms with Gasteiger partial charge in [-0.15, -0.1) is 0 Å². The van der Waals surface area contributed by atoms with Gasteiger partial charge >= 0.3 is 0 Å². The third-order valence-corrected chi connectivity index (χ3v) is 8.98. The van der Waals surface area contributed by atoms with Crippen molar-refractivity contribution in [2.24, 2.45) is 7.05 Å². The van der Waals surface area contributed by atoms with E-state index in [1.807, 2.05) is 0 Å². The van der Waals surface area contributed by atoms with Crippen LogP contribution in [0.5, 0.6) is 0 Å². The zero-order valence-electron chi connectivity index (χ0n) is 21.1. The maximum absolute atomic E-state index is 2.61. The van der Waals surface area contributed by atoms with Crippen LogP contribution in [-0.2, 0) is 12.5 Å². The van der Waals surface area contributed by atoms with Crippen molar-refractivity contribution in [1.82, 2.24) is 13.5 Å². The van der Waals surface area contributed by atoms with Crippen molar-refractivity contribution in [1.29, 1.82) is 0 Å². The number of fused-ring (bicyclic) bond motifs is 8. The largest absolute Gasteiger partial charge is 0.344 e. The molecule has 4 heterocycles. The molecule has 0 aliphatic heterocycles. The van der Waals surface area contributed by atoms with Crippen LogP contribution in [0.25, 0.3) is 65.9 Å². The molecule has 1 aliphatic rings. The zero-order valence-corrected chi connectivity index (χ0v) is 21.1. The van der Waals surface area contributed by atoms with Crippen molar-refractivity contribution in [2.75, 3.05) is 0 Å². The van der Waals surface area contributed by atoms with E-state index in [0.717, 1.165) is 0 Å². The lowest BCUT2D eigenvalue weighted by molar-refractivity contribution is 0.632. The number of hydrogen-bond donors (Lipinski definition) is 0. The Kier molecular flexibility index (Phi) is 3.32. The number of benzene rings is 4. The normalized spacial score (nSPS) is 14.6. The van der Waals surface area contributed by atoms with E-state index in [-0.39, 0.29) is 5.41 Å². The lowest BCUT2D eigenvalue weighted by Crippen LogP contribution is -2.18. The lowest BCUT2D eigenvalue weighted by Gasteiger charge is -2.22. The van der Waals surface area contributed by atoms with Gasteiger partial charge < -0.3 is 13.5 Å². The molecule has 0 atom stereocenters. The standard InChI is InChI=1S/C34H25N3/c1-34(2)24-14-8-7-12-21(24)28-22-13-9-15-25-29(22)30-26(35(25)3)17-16-23-31-27(37(32(23)30)33(28)34)18-19-36(31)20-10-5-4-6-11-20/h4-19H,1-3H3. The van der Waals surface area contributed by atoms with Gasteiger partial charge in [0.15, 0.2) is 0 Å². The molecule has 8 aromatic rings. The fourth-order valence-corrected chi connectivity index (χ4v) is 7.45. The molecule has 4 aromatic heterocycles. The summed E-state index contributed by atoms with van der Waals surface area (Å²) in [7, 11) is 2.21. The molecule has 0 amide bonds. The van der Waals surface area contributed by atoms with Crippen molar-refractivity contribution >= 4 is 49.1 Å². The topological polar surface area (TPSA) is 14.3 Å². The summed E-state index contributed by atoms with van der Waals surface area (Å²) in [6.45, 7) is 4.80. The van der Waals surface area contributed by atoms with Crippen LogP contribution in [0.1, 0.15) is 25.1 Å². The molecule has 0 N–H and O–H groups in total. The van der Waals surface area contributed by atoms with E-state index < -0.39 is 0 Å². The minimum absolute atomic E-state index is 0.143. The molecular formula is C34H25N3. The Bertz CT molecular complexity index is 2220. The van der Waals surface area contributed by atoms with Gasteiger partial charge in [-0.3, -0.25) is 0 Å². The predicted molar refractivity (Wildman–Crippen MR) is 154 cm³/mol. The summed E-state index contributed by atoms with van der Waals surface area (Å²) >= 11 is 0. The van der Waals surface area contributed by atoms with E-state index in [9.17, 15) is 0 Å². The predicted octanol–water partition coefficient (Wildman–Crippen LogP) is 8.43. The molecule has 0 saturated carbocycles. The maximum atomic E-state index is 2.61. The highest BCUT2D eigenvalue weighted by atomic mass is 15.0. The second-order valence-electron chi connectivity index (χ2n) is 11.1. The molecule has 9 rings (SSSR count). The summed E-state index contributed by atoms with van der Waals surface area (Å²) in [6, 6.07) is 33.6. The molecule has 37 heavy (non-hydrogen) atoms. The first-order valence-electron chi connectivity index (χ1n) is 13.0.